The molecular weight excluding hydrogens is 350 g/mol. The molecule has 1 aromatic heterocycles. The minimum Gasteiger partial charge on any atom is -0.474 e. The van der Waals surface area contributed by atoms with E-state index < -0.39 is 0 Å². The van der Waals surface area contributed by atoms with Crippen LogP contribution in [-0.4, -0.2) is 35.0 Å². The number of carbonyl (C=O) groups is 1. The third kappa shape index (κ3) is 5.32. The minimum absolute atomic E-state index is 0.0150. The molecule has 0 aliphatic heterocycles. The highest BCUT2D eigenvalue weighted by atomic mass is 16.5. The summed E-state index contributed by atoms with van der Waals surface area (Å²) in [4.78, 5) is 19.6. The van der Waals surface area contributed by atoms with Crippen LogP contribution in [0.25, 0.3) is 0 Å². The Bertz CT molecular complexity index is 723. The van der Waals surface area contributed by atoms with Gasteiger partial charge in [-0.25, -0.2) is 4.98 Å². The second kappa shape index (κ2) is 10.2. The van der Waals surface area contributed by atoms with E-state index in [9.17, 15) is 4.79 Å². The topological polar surface area (TPSA) is 54.5 Å². The number of nitrogens with zero attached hydrogens (tertiary/aromatic N) is 2. The number of pyridine rings is 1. The Morgan fingerprint density at radius 1 is 1.14 bits per heavy atom. The fraction of sp³-hybridized carbons (Fsp3) is 0.478. The summed E-state index contributed by atoms with van der Waals surface area (Å²) in [6.45, 7) is 6.26. The van der Waals surface area contributed by atoms with Crippen LogP contribution >= 0.6 is 0 Å². The van der Waals surface area contributed by atoms with Gasteiger partial charge in [-0.2, -0.15) is 0 Å². The Morgan fingerprint density at radius 3 is 2.46 bits per heavy atom. The molecule has 1 aliphatic carbocycles. The average Bonchev–Trinajstić information content (AvgIpc) is 3.25. The normalized spacial score (nSPS) is 15.5. The second-order valence-electron chi connectivity index (χ2n) is 7.28. The summed E-state index contributed by atoms with van der Waals surface area (Å²) >= 11 is 0. The summed E-state index contributed by atoms with van der Waals surface area (Å²) in [6.07, 6.45) is 6.81. The molecule has 0 saturated heterocycles. The molecule has 1 fully saturated rings. The zero-order valence-corrected chi connectivity index (χ0v) is 16.9. The zero-order chi connectivity index (χ0) is 19.8. The summed E-state index contributed by atoms with van der Waals surface area (Å²) in [5.74, 6) is 0.688. The fourth-order valence-corrected chi connectivity index (χ4v) is 3.80. The van der Waals surface area contributed by atoms with Crippen molar-refractivity contribution in [2.45, 2.75) is 58.2 Å². The van der Waals surface area contributed by atoms with Crippen LogP contribution in [0, 0.1) is 0 Å². The molecule has 1 saturated carbocycles. The van der Waals surface area contributed by atoms with Gasteiger partial charge < -0.3 is 10.1 Å². The molecule has 0 radical (unpaired) electrons. The van der Waals surface area contributed by atoms with Crippen LogP contribution in [0.1, 0.15) is 56.7 Å². The Kier molecular flexibility index (Phi) is 7.43. The molecule has 5 heteroatoms. The first-order valence-corrected chi connectivity index (χ1v) is 10.4. The maximum atomic E-state index is 13.0. The van der Waals surface area contributed by atoms with Crippen molar-refractivity contribution in [1.82, 2.24) is 15.2 Å². The lowest BCUT2D eigenvalue weighted by Gasteiger charge is -2.29. The van der Waals surface area contributed by atoms with E-state index in [1.807, 2.05) is 42.5 Å². The predicted molar refractivity (Wildman–Crippen MR) is 111 cm³/mol. The van der Waals surface area contributed by atoms with E-state index in [0.717, 1.165) is 37.1 Å². The Labute approximate surface area is 168 Å². The number of benzene rings is 1. The van der Waals surface area contributed by atoms with Crippen LogP contribution in [0.15, 0.2) is 48.7 Å². The van der Waals surface area contributed by atoms with Crippen molar-refractivity contribution in [3.63, 3.8) is 0 Å². The lowest BCUT2D eigenvalue weighted by Crippen LogP contribution is -2.40. The highest BCUT2D eigenvalue weighted by Crippen LogP contribution is 2.23. The van der Waals surface area contributed by atoms with Gasteiger partial charge in [-0.3, -0.25) is 9.69 Å². The van der Waals surface area contributed by atoms with Gasteiger partial charge in [0.15, 0.2) is 0 Å². The maximum Gasteiger partial charge on any atom is 0.242 e. The van der Waals surface area contributed by atoms with Crippen LogP contribution in [0.3, 0.4) is 0 Å². The van der Waals surface area contributed by atoms with E-state index in [1.54, 1.807) is 6.20 Å². The minimum atomic E-state index is -0.283. The van der Waals surface area contributed by atoms with E-state index in [1.165, 1.54) is 12.8 Å². The molecule has 1 aromatic carbocycles. The third-order valence-electron chi connectivity index (χ3n) is 5.40. The second-order valence-corrected chi connectivity index (χ2v) is 7.28. The van der Waals surface area contributed by atoms with Crippen LogP contribution < -0.4 is 10.1 Å². The van der Waals surface area contributed by atoms with Gasteiger partial charge in [-0.05, 0) is 49.9 Å². The highest BCUT2D eigenvalue weighted by Gasteiger charge is 2.25. The van der Waals surface area contributed by atoms with Gasteiger partial charge in [0, 0.05) is 18.8 Å². The first-order chi connectivity index (χ1) is 13.7. The van der Waals surface area contributed by atoms with Crippen molar-refractivity contribution < 1.29 is 9.53 Å². The lowest BCUT2D eigenvalue weighted by molar-refractivity contribution is -0.126. The first-order valence-electron chi connectivity index (χ1n) is 10.4. The SMILES string of the molecule is CCN(CC)C(C(=O)NCc1ccc(OC2CCCC2)nc1)c1ccccc1. The molecule has 5 nitrogen and oxygen atoms in total. The molecule has 28 heavy (non-hydrogen) atoms. The van der Waals surface area contributed by atoms with Crippen LogP contribution in [0.4, 0.5) is 0 Å². The molecule has 1 atom stereocenters. The number of ether oxygens (including phenoxy) is 1. The number of hydrogen-bond donors (Lipinski definition) is 1. The number of carbonyl (C=O) groups excluding carboxylic acids is 1. The van der Waals surface area contributed by atoms with Crippen molar-refractivity contribution in [3.8, 4) is 5.88 Å². The third-order valence-corrected chi connectivity index (χ3v) is 5.40. The maximum absolute atomic E-state index is 13.0. The lowest BCUT2D eigenvalue weighted by atomic mass is 10.0. The monoisotopic (exact) mass is 381 g/mol. The summed E-state index contributed by atoms with van der Waals surface area (Å²) in [5.41, 5.74) is 1.99. The summed E-state index contributed by atoms with van der Waals surface area (Å²) in [7, 11) is 0. The molecule has 0 spiro atoms. The summed E-state index contributed by atoms with van der Waals surface area (Å²) < 4.78 is 5.91. The van der Waals surface area contributed by atoms with Crippen LogP contribution in [-0.2, 0) is 11.3 Å². The molecule has 1 N–H and O–H groups in total. The number of aromatic nitrogens is 1. The molecule has 0 bridgehead atoms. The van der Waals surface area contributed by atoms with E-state index in [4.69, 9.17) is 4.74 Å². The Balaban J connectivity index is 1.60. The van der Waals surface area contributed by atoms with Crippen LogP contribution in [0.5, 0.6) is 5.88 Å². The number of rotatable bonds is 9. The van der Waals surface area contributed by atoms with Crippen molar-refractivity contribution in [1.29, 1.82) is 0 Å². The largest absolute Gasteiger partial charge is 0.474 e. The van der Waals surface area contributed by atoms with Gasteiger partial charge in [0.25, 0.3) is 0 Å². The summed E-state index contributed by atoms with van der Waals surface area (Å²) in [5, 5.41) is 3.08. The van der Waals surface area contributed by atoms with Crippen molar-refractivity contribution in [2.75, 3.05) is 13.1 Å². The first kappa shape index (κ1) is 20.3. The highest BCUT2D eigenvalue weighted by molar-refractivity contribution is 5.83. The smallest absolute Gasteiger partial charge is 0.242 e. The van der Waals surface area contributed by atoms with Gasteiger partial charge in [0.2, 0.25) is 11.8 Å². The van der Waals surface area contributed by atoms with Gasteiger partial charge in [0.1, 0.15) is 12.1 Å². The standard InChI is InChI=1S/C23H31N3O2/c1-3-26(4-2)22(19-10-6-5-7-11-19)23(27)25-17-18-14-15-21(24-16-18)28-20-12-8-9-13-20/h5-7,10-11,14-16,20,22H,3-4,8-9,12-13,17H2,1-2H3,(H,25,27). The van der Waals surface area contributed by atoms with E-state index in [-0.39, 0.29) is 11.9 Å². The van der Waals surface area contributed by atoms with Crippen molar-refractivity contribution in [3.05, 3.63) is 59.8 Å². The fourth-order valence-electron chi connectivity index (χ4n) is 3.80. The molecule has 3 rings (SSSR count). The van der Waals surface area contributed by atoms with Gasteiger partial charge >= 0.3 is 0 Å². The molecule has 1 aliphatic rings. The van der Waals surface area contributed by atoms with E-state index in [0.29, 0.717) is 18.5 Å². The summed E-state index contributed by atoms with van der Waals surface area (Å²) in [6, 6.07) is 13.6. The molecule has 2 aromatic rings. The molecular formula is C23H31N3O2. The van der Waals surface area contributed by atoms with Crippen molar-refractivity contribution >= 4 is 5.91 Å². The van der Waals surface area contributed by atoms with Gasteiger partial charge in [-0.15, -0.1) is 0 Å². The zero-order valence-electron chi connectivity index (χ0n) is 16.9. The Hall–Kier alpha value is -2.40. The number of likely N-dealkylation sites (N-methyl/N-ethyl adjacent to an activating group) is 1. The molecule has 1 amide bonds. The Morgan fingerprint density at radius 2 is 1.86 bits per heavy atom. The van der Waals surface area contributed by atoms with Crippen molar-refractivity contribution in [2.24, 2.45) is 0 Å². The quantitative estimate of drug-likeness (QED) is 0.710. The number of amides is 1. The molecule has 1 unspecified atom stereocenters. The van der Waals surface area contributed by atoms with Crippen LogP contribution in [0.2, 0.25) is 0 Å². The number of nitrogens with one attached hydrogen (secondary N) is 1. The number of hydrogen-bond acceptors (Lipinski definition) is 4. The average molecular weight is 382 g/mol. The molecule has 1 heterocycles. The van der Waals surface area contributed by atoms with Gasteiger partial charge in [0.05, 0.1) is 0 Å². The van der Waals surface area contributed by atoms with E-state index in [2.05, 4.69) is 29.0 Å². The van der Waals surface area contributed by atoms with E-state index >= 15 is 0 Å². The predicted octanol–water partition coefficient (Wildman–Crippen LogP) is 4.10. The van der Waals surface area contributed by atoms with Gasteiger partial charge in [-0.1, -0.05) is 50.2 Å². The molecule has 150 valence electrons.